The van der Waals surface area contributed by atoms with E-state index < -0.39 is 11.8 Å². The van der Waals surface area contributed by atoms with Crippen molar-refractivity contribution in [3.8, 4) is 0 Å². The van der Waals surface area contributed by atoms with E-state index in [0.29, 0.717) is 18.2 Å². The molecular formula is C14H17BrFNO2. The molecule has 2 rings (SSSR count). The highest BCUT2D eigenvalue weighted by Crippen LogP contribution is 2.33. The molecule has 5 heteroatoms. The summed E-state index contributed by atoms with van der Waals surface area (Å²) in [6, 6.07) is 3.01. The van der Waals surface area contributed by atoms with E-state index in [0.717, 1.165) is 6.54 Å². The first-order valence-electron chi connectivity index (χ1n) is 6.50. The number of anilines is 1. The molecule has 0 bridgehead atoms. The number of benzene rings is 1. The van der Waals surface area contributed by atoms with Gasteiger partial charge < -0.3 is 10.0 Å². The summed E-state index contributed by atoms with van der Waals surface area (Å²) in [5, 5.41) is 8.96. The van der Waals surface area contributed by atoms with Gasteiger partial charge in [-0.05, 0) is 53.7 Å². The Labute approximate surface area is 120 Å². The van der Waals surface area contributed by atoms with E-state index >= 15 is 0 Å². The van der Waals surface area contributed by atoms with Crippen LogP contribution in [-0.4, -0.2) is 24.2 Å². The van der Waals surface area contributed by atoms with E-state index in [4.69, 9.17) is 5.11 Å². The lowest BCUT2D eigenvalue weighted by Gasteiger charge is -2.33. The number of carboxylic acid groups (broad SMARTS) is 1. The predicted molar refractivity (Wildman–Crippen MR) is 76.3 cm³/mol. The molecule has 19 heavy (non-hydrogen) atoms. The van der Waals surface area contributed by atoms with E-state index in [2.05, 4.69) is 15.9 Å². The van der Waals surface area contributed by atoms with Gasteiger partial charge in [-0.3, -0.25) is 0 Å². The molecule has 3 nitrogen and oxygen atoms in total. The third-order valence-electron chi connectivity index (χ3n) is 3.72. The number of carbonyl (C=O) groups is 1. The Morgan fingerprint density at radius 1 is 1.53 bits per heavy atom. The second kappa shape index (κ2) is 5.90. The number of rotatable bonds is 5. The minimum Gasteiger partial charge on any atom is -0.478 e. The zero-order chi connectivity index (χ0) is 14.0. The molecule has 1 saturated carbocycles. The Bertz CT molecular complexity index is 489. The molecule has 104 valence electrons. The molecule has 1 aromatic carbocycles. The number of hydrogen-bond acceptors (Lipinski definition) is 2. The van der Waals surface area contributed by atoms with Crippen LogP contribution in [0.25, 0.3) is 0 Å². The van der Waals surface area contributed by atoms with Crippen molar-refractivity contribution < 1.29 is 14.3 Å². The molecule has 0 saturated heterocycles. The summed E-state index contributed by atoms with van der Waals surface area (Å²) in [7, 11) is 0. The normalized spacial score (nSPS) is 15.1. The largest absolute Gasteiger partial charge is 0.478 e. The van der Waals surface area contributed by atoms with Gasteiger partial charge in [0.25, 0.3) is 0 Å². The van der Waals surface area contributed by atoms with Crippen LogP contribution in [0, 0.1) is 11.7 Å². The molecule has 0 spiro atoms. The van der Waals surface area contributed by atoms with Gasteiger partial charge in [0, 0.05) is 13.1 Å². The van der Waals surface area contributed by atoms with E-state index in [1.54, 1.807) is 6.07 Å². The van der Waals surface area contributed by atoms with E-state index in [9.17, 15) is 9.18 Å². The summed E-state index contributed by atoms with van der Waals surface area (Å²) in [6.07, 6.45) is 3.66. The third-order valence-corrected chi connectivity index (χ3v) is 4.49. The molecule has 0 amide bonds. The molecular weight excluding hydrogens is 313 g/mol. The average molecular weight is 330 g/mol. The van der Waals surface area contributed by atoms with Gasteiger partial charge in [0.05, 0.1) is 15.7 Å². The van der Waals surface area contributed by atoms with Gasteiger partial charge in [-0.2, -0.15) is 0 Å². The van der Waals surface area contributed by atoms with Crippen LogP contribution in [0.5, 0.6) is 0 Å². The van der Waals surface area contributed by atoms with E-state index in [1.807, 2.05) is 11.8 Å². The van der Waals surface area contributed by atoms with Crippen LogP contribution in [0.3, 0.4) is 0 Å². The second-order valence-electron chi connectivity index (χ2n) is 4.90. The Morgan fingerprint density at radius 2 is 2.21 bits per heavy atom. The van der Waals surface area contributed by atoms with Crippen molar-refractivity contribution in [3.63, 3.8) is 0 Å². The Morgan fingerprint density at radius 3 is 2.68 bits per heavy atom. The summed E-state index contributed by atoms with van der Waals surface area (Å²) in [5.41, 5.74) is 0.437. The molecule has 1 N–H and O–H groups in total. The van der Waals surface area contributed by atoms with Crippen LogP contribution in [0.2, 0.25) is 0 Å². The first-order valence-corrected chi connectivity index (χ1v) is 7.30. The maximum Gasteiger partial charge on any atom is 0.336 e. The fraction of sp³-hybridized carbons (Fsp3) is 0.500. The summed E-state index contributed by atoms with van der Waals surface area (Å²) < 4.78 is 14.3. The molecule has 0 aliphatic heterocycles. The molecule has 0 heterocycles. The number of aromatic carboxylic acids is 1. The van der Waals surface area contributed by atoms with Gasteiger partial charge in [-0.1, -0.05) is 6.42 Å². The number of halogens is 2. The molecule has 1 aromatic rings. The van der Waals surface area contributed by atoms with Crippen LogP contribution in [0.15, 0.2) is 16.6 Å². The molecule has 0 radical (unpaired) electrons. The second-order valence-corrected chi connectivity index (χ2v) is 5.69. The summed E-state index contributed by atoms with van der Waals surface area (Å²) >= 11 is 3.04. The van der Waals surface area contributed by atoms with Gasteiger partial charge in [0.2, 0.25) is 0 Å². The van der Waals surface area contributed by atoms with Crippen LogP contribution in [0.1, 0.15) is 36.5 Å². The molecule has 0 unspecified atom stereocenters. The molecule has 0 atom stereocenters. The lowest BCUT2D eigenvalue weighted by atomic mass is 9.85. The smallest absolute Gasteiger partial charge is 0.336 e. The molecule has 0 aromatic heterocycles. The topological polar surface area (TPSA) is 40.5 Å². The fourth-order valence-corrected chi connectivity index (χ4v) is 2.84. The van der Waals surface area contributed by atoms with E-state index in [1.165, 1.54) is 25.3 Å². The van der Waals surface area contributed by atoms with Gasteiger partial charge in [-0.15, -0.1) is 0 Å². The fourth-order valence-electron chi connectivity index (χ4n) is 2.33. The van der Waals surface area contributed by atoms with Crippen molar-refractivity contribution in [2.45, 2.75) is 26.2 Å². The third kappa shape index (κ3) is 2.91. The lowest BCUT2D eigenvalue weighted by Crippen LogP contribution is -2.33. The van der Waals surface area contributed by atoms with Crippen molar-refractivity contribution in [2.75, 3.05) is 18.0 Å². The van der Waals surface area contributed by atoms with Crippen molar-refractivity contribution in [1.82, 2.24) is 0 Å². The van der Waals surface area contributed by atoms with Crippen LogP contribution in [0.4, 0.5) is 10.1 Å². The first-order chi connectivity index (χ1) is 9.04. The number of hydrogen-bond donors (Lipinski definition) is 1. The highest BCUT2D eigenvalue weighted by Gasteiger charge is 2.23. The van der Waals surface area contributed by atoms with Crippen LogP contribution >= 0.6 is 15.9 Å². The quantitative estimate of drug-likeness (QED) is 0.890. The maximum atomic E-state index is 14.3. The monoisotopic (exact) mass is 329 g/mol. The number of nitrogens with zero attached hydrogens (tertiary/aromatic N) is 1. The SMILES string of the molecule is CCN(CC1CCC1)c1ccc(C(=O)O)c(Br)c1F. The average Bonchev–Trinajstić information content (AvgIpc) is 2.32. The summed E-state index contributed by atoms with van der Waals surface area (Å²) in [6.45, 7) is 3.54. The van der Waals surface area contributed by atoms with Crippen LogP contribution in [-0.2, 0) is 0 Å². The van der Waals surface area contributed by atoms with Crippen molar-refractivity contribution in [1.29, 1.82) is 0 Å². The van der Waals surface area contributed by atoms with Crippen LogP contribution < -0.4 is 4.90 Å². The Balaban J connectivity index is 2.27. The summed E-state index contributed by atoms with van der Waals surface area (Å²) in [5.74, 6) is -0.974. The van der Waals surface area contributed by atoms with Crippen molar-refractivity contribution >= 4 is 27.6 Å². The van der Waals surface area contributed by atoms with Gasteiger partial charge in [0.15, 0.2) is 5.82 Å². The number of carboxylic acids is 1. The summed E-state index contributed by atoms with van der Waals surface area (Å²) in [4.78, 5) is 12.9. The van der Waals surface area contributed by atoms with E-state index in [-0.39, 0.29) is 10.0 Å². The highest BCUT2D eigenvalue weighted by molar-refractivity contribution is 9.10. The zero-order valence-electron chi connectivity index (χ0n) is 10.8. The van der Waals surface area contributed by atoms with Gasteiger partial charge in [-0.25, -0.2) is 9.18 Å². The Kier molecular flexibility index (Phi) is 4.45. The van der Waals surface area contributed by atoms with Crippen molar-refractivity contribution in [3.05, 3.63) is 28.0 Å². The molecule has 1 aliphatic rings. The zero-order valence-corrected chi connectivity index (χ0v) is 12.4. The van der Waals surface area contributed by atoms with Gasteiger partial charge in [0.1, 0.15) is 0 Å². The molecule has 1 fully saturated rings. The minimum absolute atomic E-state index is 0.0320. The predicted octanol–water partition coefficient (Wildman–Crippen LogP) is 3.91. The Hall–Kier alpha value is -1.10. The lowest BCUT2D eigenvalue weighted by molar-refractivity contribution is 0.0695. The minimum atomic E-state index is -1.13. The maximum absolute atomic E-state index is 14.3. The van der Waals surface area contributed by atoms with Crippen molar-refractivity contribution in [2.24, 2.45) is 5.92 Å². The van der Waals surface area contributed by atoms with Gasteiger partial charge >= 0.3 is 5.97 Å². The molecule has 1 aliphatic carbocycles. The standard InChI is InChI=1S/C14H17BrFNO2/c1-2-17(8-9-4-3-5-9)11-7-6-10(14(18)19)12(15)13(11)16/h6-7,9H,2-5,8H2,1H3,(H,18,19). The highest BCUT2D eigenvalue weighted by atomic mass is 79.9. The first kappa shape index (κ1) is 14.3.